The zero-order chi connectivity index (χ0) is 25.1. The Bertz CT molecular complexity index is 909. The minimum absolute atomic E-state index is 0.218. The molecule has 2 aromatic rings. The Morgan fingerprint density at radius 2 is 1.91 bits per heavy atom. The highest BCUT2D eigenvalue weighted by atomic mass is 32.2. The van der Waals surface area contributed by atoms with Crippen molar-refractivity contribution in [3.05, 3.63) is 34.3 Å². The average molecular weight is 514 g/mol. The summed E-state index contributed by atoms with van der Waals surface area (Å²) in [4.78, 5) is 17.9. The molecule has 32 heavy (non-hydrogen) atoms. The first-order valence-corrected chi connectivity index (χ1v) is 13.9. The number of fused-ring (bicyclic) bond motifs is 1. The maximum atomic E-state index is 14.3. The average Bonchev–Trinajstić information content (AvgIpc) is 3.11. The van der Waals surface area contributed by atoms with E-state index >= 15 is 0 Å². The zero-order valence-electron chi connectivity index (χ0n) is 19.2. The number of hydrogen-bond donors (Lipinski definition) is 5. The lowest BCUT2D eigenvalue weighted by molar-refractivity contribution is 0.0766. The van der Waals surface area contributed by atoms with E-state index in [1.54, 1.807) is 18.4 Å². The van der Waals surface area contributed by atoms with E-state index in [2.05, 4.69) is 5.43 Å². The lowest BCUT2D eigenvalue weighted by Crippen LogP contribution is -2.16. The molecule has 184 valence electrons. The molecule has 0 saturated carbocycles. The van der Waals surface area contributed by atoms with Crippen molar-refractivity contribution in [3.63, 3.8) is 0 Å². The van der Waals surface area contributed by atoms with Crippen molar-refractivity contribution >= 4 is 46.3 Å². The first kappa shape index (κ1) is 30.6. The van der Waals surface area contributed by atoms with Gasteiger partial charge in [-0.25, -0.2) is 0 Å². The molecule has 7 N–H and O–H groups in total. The van der Waals surface area contributed by atoms with Gasteiger partial charge in [-0.05, 0) is 31.0 Å². The molecule has 1 heterocycles. The molecule has 7 nitrogen and oxygen atoms in total. The van der Waals surface area contributed by atoms with Crippen LogP contribution in [0, 0.1) is 6.92 Å². The Balaban J connectivity index is 0.00000227. The van der Waals surface area contributed by atoms with E-state index in [1.165, 1.54) is 13.1 Å². The molecule has 0 bridgehead atoms. The summed E-state index contributed by atoms with van der Waals surface area (Å²) in [6.07, 6.45) is 3.46. The van der Waals surface area contributed by atoms with Gasteiger partial charge in [-0.1, -0.05) is 27.7 Å². The largest absolute Gasteiger partial charge is 0.492 e. The fraction of sp³-hybridized carbons (Fsp3) is 0.500. The highest BCUT2D eigenvalue weighted by molar-refractivity contribution is 7.84. The molecule has 0 aliphatic rings. The van der Waals surface area contributed by atoms with Crippen LogP contribution in [0.25, 0.3) is 15.8 Å². The number of thiophene rings is 1. The molecule has 0 radical (unpaired) electrons. The molecule has 1 unspecified atom stereocenters. The molecule has 0 saturated heterocycles. The predicted octanol–water partition coefficient (Wildman–Crippen LogP) is 4.48. The zero-order valence-corrected chi connectivity index (χ0v) is 21.8. The van der Waals surface area contributed by atoms with Crippen LogP contribution >= 0.6 is 19.7 Å². The first-order chi connectivity index (χ1) is 15.1. The van der Waals surface area contributed by atoms with E-state index in [0.717, 1.165) is 11.3 Å². The summed E-state index contributed by atoms with van der Waals surface area (Å²) in [5.74, 6) is 6.04. The maximum absolute atomic E-state index is 14.3. The standard InChI is InChI=1S/C16H22F2N3O4PS2.2C2H6/c1-9-11-6-10(12(19)8-21-20)7-13(25-4-3-5-28(2)24)14(11)27-15(9)16(17,18)26(22)23;2*1-2/h6-8,21-23H,3-5,19-20H2,1-2H3;2*1-2H3/b12-8-;;. The van der Waals surface area contributed by atoms with Crippen LogP contribution in [0.15, 0.2) is 18.3 Å². The Labute approximate surface area is 196 Å². The number of hydrazine groups is 1. The summed E-state index contributed by atoms with van der Waals surface area (Å²) in [6, 6.07) is 3.22. The molecule has 12 heteroatoms. The van der Waals surface area contributed by atoms with Crippen LogP contribution in [0.3, 0.4) is 0 Å². The van der Waals surface area contributed by atoms with Gasteiger partial charge in [-0.2, -0.15) is 8.78 Å². The SMILES string of the molecule is CC.CC.Cc1c(C(F)(F)P(O)O)sc2c(OCCCS(C)=O)cc(/C(N)=C/NN)cc12. The summed E-state index contributed by atoms with van der Waals surface area (Å²) in [6.45, 7) is 9.72. The fourth-order valence-electron chi connectivity index (χ4n) is 2.56. The van der Waals surface area contributed by atoms with Crippen molar-refractivity contribution < 1.29 is 27.5 Å². The van der Waals surface area contributed by atoms with Crippen LogP contribution in [-0.4, -0.2) is 32.6 Å². The number of nitrogens with two attached hydrogens (primary N) is 2. The van der Waals surface area contributed by atoms with Gasteiger partial charge in [0.1, 0.15) is 5.75 Å². The summed E-state index contributed by atoms with van der Waals surface area (Å²) in [5.41, 5.74) is 5.50. The summed E-state index contributed by atoms with van der Waals surface area (Å²) in [7, 11) is -4.45. The Morgan fingerprint density at radius 1 is 1.31 bits per heavy atom. The van der Waals surface area contributed by atoms with Gasteiger partial charge in [0, 0.05) is 40.0 Å². The maximum Gasteiger partial charge on any atom is 0.348 e. The molecule has 0 amide bonds. The molecule has 0 aliphatic carbocycles. The molecular weight excluding hydrogens is 479 g/mol. The first-order valence-electron chi connectivity index (χ1n) is 10.1. The number of alkyl halides is 2. The van der Waals surface area contributed by atoms with E-state index in [1.807, 2.05) is 27.7 Å². The quantitative estimate of drug-likeness (QED) is 0.145. The lowest BCUT2D eigenvalue weighted by Gasteiger charge is -2.16. The summed E-state index contributed by atoms with van der Waals surface area (Å²) >= 11 is 0.745. The van der Waals surface area contributed by atoms with Crippen LogP contribution < -0.4 is 21.7 Å². The molecule has 0 aliphatic heterocycles. The number of rotatable bonds is 9. The number of nitrogens with one attached hydrogen (secondary N) is 1. The minimum atomic E-state index is -3.76. The number of aryl methyl sites for hydroxylation is 1. The van der Waals surface area contributed by atoms with Crippen LogP contribution in [-0.2, 0) is 16.5 Å². The molecule has 1 aromatic carbocycles. The van der Waals surface area contributed by atoms with Crippen LogP contribution in [0.5, 0.6) is 5.75 Å². The lowest BCUT2D eigenvalue weighted by atomic mass is 10.1. The van der Waals surface area contributed by atoms with Gasteiger partial charge in [0.15, 0.2) is 0 Å². The minimum Gasteiger partial charge on any atom is -0.492 e. The van der Waals surface area contributed by atoms with Gasteiger partial charge in [0.25, 0.3) is 0 Å². The Morgan fingerprint density at radius 3 is 2.41 bits per heavy atom. The second-order valence-electron chi connectivity index (χ2n) is 5.98. The molecule has 0 fully saturated rings. The Hall–Kier alpha value is -1.36. The van der Waals surface area contributed by atoms with Gasteiger partial charge >= 0.3 is 5.66 Å². The third-order valence-corrected chi connectivity index (χ3v) is 7.07. The molecule has 1 atom stereocenters. The van der Waals surface area contributed by atoms with Crippen LogP contribution in [0.4, 0.5) is 8.78 Å². The number of halogens is 2. The molecule has 1 aromatic heterocycles. The second-order valence-corrected chi connectivity index (χ2v) is 9.70. The van der Waals surface area contributed by atoms with Gasteiger partial charge in [-0.15, -0.1) is 11.3 Å². The van der Waals surface area contributed by atoms with E-state index in [9.17, 15) is 13.0 Å². The topological polar surface area (TPSA) is 131 Å². The van der Waals surface area contributed by atoms with Crippen LogP contribution in [0.1, 0.15) is 50.1 Å². The van der Waals surface area contributed by atoms with Crippen molar-refractivity contribution in [2.75, 3.05) is 18.6 Å². The van der Waals surface area contributed by atoms with Crippen molar-refractivity contribution in [2.45, 2.75) is 46.7 Å². The van der Waals surface area contributed by atoms with Gasteiger partial charge < -0.3 is 25.7 Å². The third kappa shape index (κ3) is 7.90. The van der Waals surface area contributed by atoms with Gasteiger partial charge in [0.2, 0.25) is 8.38 Å². The predicted molar refractivity (Wildman–Crippen MR) is 133 cm³/mol. The van der Waals surface area contributed by atoms with E-state index in [0.29, 0.717) is 33.6 Å². The molecule has 0 spiro atoms. The normalized spacial score (nSPS) is 12.6. The Kier molecular flexibility index (Phi) is 14.1. The number of hydrogen-bond acceptors (Lipinski definition) is 8. The van der Waals surface area contributed by atoms with Crippen LogP contribution in [0.2, 0.25) is 0 Å². The molecular formula is C20H34F2N3O4PS2. The van der Waals surface area contributed by atoms with Crippen molar-refractivity contribution in [1.82, 2.24) is 5.43 Å². The van der Waals surface area contributed by atoms with Gasteiger partial charge in [-0.3, -0.25) is 10.1 Å². The summed E-state index contributed by atoms with van der Waals surface area (Å²) in [5, 5.41) is 0.469. The van der Waals surface area contributed by atoms with E-state index in [-0.39, 0.29) is 17.9 Å². The fourth-order valence-corrected chi connectivity index (χ4v) is 4.94. The van der Waals surface area contributed by atoms with E-state index < -0.39 is 29.7 Å². The highest BCUT2D eigenvalue weighted by Crippen LogP contribution is 2.57. The smallest absolute Gasteiger partial charge is 0.348 e. The highest BCUT2D eigenvalue weighted by Gasteiger charge is 2.44. The summed E-state index contributed by atoms with van der Waals surface area (Å²) < 4.78 is 46.0. The van der Waals surface area contributed by atoms with Crippen molar-refractivity contribution in [2.24, 2.45) is 11.6 Å². The second kappa shape index (κ2) is 14.7. The number of benzene rings is 1. The number of ether oxygens (including phenoxy) is 1. The molecule has 2 rings (SSSR count). The third-order valence-electron chi connectivity index (χ3n) is 3.93. The van der Waals surface area contributed by atoms with E-state index in [4.69, 9.17) is 26.1 Å². The van der Waals surface area contributed by atoms with Crippen molar-refractivity contribution in [1.29, 1.82) is 0 Å². The monoisotopic (exact) mass is 513 g/mol. The van der Waals surface area contributed by atoms with Crippen molar-refractivity contribution in [3.8, 4) is 5.75 Å². The van der Waals surface area contributed by atoms with Gasteiger partial charge in [0.05, 0.1) is 21.9 Å².